The van der Waals surface area contributed by atoms with Crippen LogP contribution < -0.4 is 5.32 Å². The first-order valence-corrected chi connectivity index (χ1v) is 4.90. The summed E-state index contributed by atoms with van der Waals surface area (Å²) in [5, 5.41) is 12.0. The lowest BCUT2D eigenvalue weighted by Gasteiger charge is -2.14. The molecule has 0 aromatic carbocycles. The van der Waals surface area contributed by atoms with Crippen LogP contribution in [-0.2, 0) is 0 Å². The number of anilines is 1. The Bertz CT molecular complexity index is 342. The lowest BCUT2D eigenvalue weighted by molar-refractivity contribution is 0.155. The van der Waals surface area contributed by atoms with E-state index in [1.807, 2.05) is 12.1 Å². The van der Waals surface area contributed by atoms with Gasteiger partial charge < -0.3 is 15.3 Å². The predicted octanol–water partition coefficient (Wildman–Crippen LogP) is 1.25. The smallest absolute Gasteiger partial charge is 0.407 e. The Balaban J connectivity index is 1.90. The van der Waals surface area contributed by atoms with Gasteiger partial charge in [-0.15, -0.1) is 0 Å². The van der Waals surface area contributed by atoms with Crippen molar-refractivity contribution < 1.29 is 9.90 Å². The third-order valence-electron chi connectivity index (χ3n) is 2.49. The Morgan fingerprint density at radius 2 is 2.53 bits per heavy atom. The van der Waals surface area contributed by atoms with Gasteiger partial charge in [0.05, 0.1) is 5.69 Å². The molecule has 1 amide bonds. The van der Waals surface area contributed by atoms with Crippen LogP contribution in [-0.4, -0.2) is 40.2 Å². The van der Waals surface area contributed by atoms with Gasteiger partial charge in [-0.2, -0.15) is 0 Å². The number of likely N-dealkylation sites (tertiary alicyclic amines) is 1. The van der Waals surface area contributed by atoms with Crippen molar-refractivity contribution >= 4 is 11.8 Å². The topological polar surface area (TPSA) is 65.5 Å². The number of carboxylic acid groups (broad SMARTS) is 1. The Kier molecular flexibility index (Phi) is 2.71. The average molecular weight is 207 g/mol. The largest absolute Gasteiger partial charge is 0.465 e. The molecule has 2 heterocycles. The number of carbonyl (C=O) groups is 1. The lowest BCUT2D eigenvalue weighted by atomic mass is 10.2. The van der Waals surface area contributed by atoms with Crippen LogP contribution in [0.15, 0.2) is 24.5 Å². The van der Waals surface area contributed by atoms with Crippen LogP contribution in [0.25, 0.3) is 0 Å². The summed E-state index contributed by atoms with van der Waals surface area (Å²) in [6.07, 6.45) is 3.46. The first kappa shape index (κ1) is 9.76. The SMILES string of the molecule is O=C(O)N1CC[C@H](Nc2cccnc2)C1. The molecule has 0 aliphatic carbocycles. The second-order valence-corrected chi connectivity index (χ2v) is 3.60. The summed E-state index contributed by atoms with van der Waals surface area (Å²) in [7, 11) is 0. The molecule has 0 spiro atoms. The number of hydrogen-bond donors (Lipinski definition) is 2. The molecule has 0 radical (unpaired) electrons. The van der Waals surface area contributed by atoms with E-state index < -0.39 is 6.09 Å². The van der Waals surface area contributed by atoms with Crippen LogP contribution >= 0.6 is 0 Å². The molecule has 0 saturated carbocycles. The number of aromatic nitrogens is 1. The van der Waals surface area contributed by atoms with Gasteiger partial charge in [0.15, 0.2) is 0 Å². The molecule has 15 heavy (non-hydrogen) atoms. The molecule has 1 aliphatic rings. The number of nitrogens with zero attached hydrogens (tertiary/aromatic N) is 2. The van der Waals surface area contributed by atoms with Gasteiger partial charge in [-0.05, 0) is 18.6 Å². The maximum absolute atomic E-state index is 10.7. The molecule has 0 unspecified atom stereocenters. The van der Waals surface area contributed by atoms with Crippen LogP contribution in [0.1, 0.15) is 6.42 Å². The van der Waals surface area contributed by atoms with Gasteiger partial charge in [0, 0.05) is 31.5 Å². The standard InChI is InChI=1S/C10H13N3O2/c14-10(15)13-5-3-9(7-13)12-8-2-1-4-11-6-8/h1-2,4,6,9,12H,3,5,7H2,(H,14,15)/t9-/m0/s1. The van der Waals surface area contributed by atoms with E-state index in [1.165, 1.54) is 4.90 Å². The van der Waals surface area contributed by atoms with Gasteiger partial charge in [-0.1, -0.05) is 0 Å². The third kappa shape index (κ3) is 2.37. The van der Waals surface area contributed by atoms with Crippen molar-refractivity contribution in [2.75, 3.05) is 18.4 Å². The van der Waals surface area contributed by atoms with E-state index in [4.69, 9.17) is 5.11 Å². The molecule has 1 aliphatic heterocycles. The minimum atomic E-state index is -0.842. The summed E-state index contributed by atoms with van der Waals surface area (Å²) in [5.74, 6) is 0. The van der Waals surface area contributed by atoms with Gasteiger partial charge in [0.25, 0.3) is 0 Å². The van der Waals surface area contributed by atoms with Crippen molar-refractivity contribution in [2.24, 2.45) is 0 Å². The van der Waals surface area contributed by atoms with Gasteiger partial charge in [0.1, 0.15) is 0 Å². The molecule has 0 bridgehead atoms. The highest BCUT2D eigenvalue weighted by molar-refractivity contribution is 5.65. The van der Waals surface area contributed by atoms with E-state index in [2.05, 4.69) is 10.3 Å². The van der Waals surface area contributed by atoms with Gasteiger partial charge in [-0.3, -0.25) is 4.98 Å². The van der Waals surface area contributed by atoms with E-state index in [-0.39, 0.29) is 6.04 Å². The molecular weight excluding hydrogens is 194 g/mol. The Morgan fingerprint density at radius 1 is 1.67 bits per heavy atom. The quantitative estimate of drug-likeness (QED) is 0.765. The summed E-state index contributed by atoms with van der Waals surface area (Å²) < 4.78 is 0. The minimum Gasteiger partial charge on any atom is -0.465 e. The van der Waals surface area contributed by atoms with Crippen LogP contribution in [0.5, 0.6) is 0 Å². The van der Waals surface area contributed by atoms with Gasteiger partial charge >= 0.3 is 6.09 Å². The Morgan fingerprint density at radius 3 is 3.13 bits per heavy atom. The first-order valence-electron chi connectivity index (χ1n) is 4.90. The van der Waals surface area contributed by atoms with Crippen LogP contribution in [0.3, 0.4) is 0 Å². The van der Waals surface area contributed by atoms with Crippen molar-refractivity contribution in [3.05, 3.63) is 24.5 Å². The number of nitrogens with one attached hydrogen (secondary N) is 1. The van der Waals surface area contributed by atoms with Gasteiger partial charge in [-0.25, -0.2) is 4.79 Å². The van der Waals surface area contributed by atoms with Crippen molar-refractivity contribution in [2.45, 2.75) is 12.5 Å². The normalized spacial score (nSPS) is 20.3. The molecule has 2 N–H and O–H groups in total. The molecule has 80 valence electrons. The highest BCUT2D eigenvalue weighted by Gasteiger charge is 2.25. The molecular formula is C10H13N3O2. The maximum atomic E-state index is 10.7. The van der Waals surface area contributed by atoms with Crippen LogP contribution in [0, 0.1) is 0 Å². The molecule has 1 saturated heterocycles. The third-order valence-corrected chi connectivity index (χ3v) is 2.49. The lowest BCUT2D eigenvalue weighted by Crippen LogP contribution is -2.30. The maximum Gasteiger partial charge on any atom is 0.407 e. The molecule has 1 aromatic rings. The Hall–Kier alpha value is -1.78. The first-order chi connectivity index (χ1) is 7.25. The highest BCUT2D eigenvalue weighted by atomic mass is 16.4. The van der Waals surface area contributed by atoms with Crippen molar-refractivity contribution in [3.63, 3.8) is 0 Å². The fourth-order valence-corrected chi connectivity index (χ4v) is 1.74. The van der Waals surface area contributed by atoms with Crippen molar-refractivity contribution in [1.29, 1.82) is 0 Å². The summed E-state index contributed by atoms with van der Waals surface area (Å²) >= 11 is 0. The van der Waals surface area contributed by atoms with E-state index in [9.17, 15) is 4.79 Å². The van der Waals surface area contributed by atoms with E-state index in [0.29, 0.717) is 13.1 Å². The summed E-state index contributed by atoms with van der Waals surface area (Å²) in [6, 6.07) is 3.98. The van der Waals surface area contributed by atoms with Crippen LogP contribution in [0.4, 0.5) is 10.5 Å². The summed E-state index contributed by atoms with van der Waals surface area (Å²) in [6.45, 7) is 1.15. The fraction of sp³-hybridized carbons (Fsp3) is 0.400. The minimum absolute atomic E-state index is 0.199. The predicted molar refractivity (Wildman–Crippen MR) is 55.9 cm³/mol. The van der Waals surface area contributed by atoms with Crippen molar-refractivity contribution in [3.8, 4) is 0 Å². The molecule has 1 aromatic heterocycles. The van der Waals surface area contributed by atoms with Crippen molar-refractivity contribution in [1.82, 2.24) is 9.88 Å². The molecule has 1 fully saturated rings. The number of amides is 1. The molecule has 2 rings (SSSR count). The van der Waals surface area contributed by atoms with Crippen LogP contribution in [0.2, 0.25) is 0 Å². The second kappa shape index (κ2) is 4.16. The highest BCUT2D eigenvalue weighted by Crippen LogP contribution is 2.14. The zero-order valence-electron chi connectivity index (χ0n) is 8.26. The average Bonchev–Trinajstić information content (AvgIpc) is 2.68. The van der Waals surface area contributed by atoms with Gasteiger partial charge in [0.2, 0.25) is 0 Å². The van der Waals surface area contributed by atoms with E-state index >= 15 is 0 Å². The summed E-state index contributed by atoms with van der Waals surface area (Å²) in [5.41, 5.74) is 0.940. The number of hydrogen-bond acceptors (Lipinski definition) is 3. The monoisotopic (exact) mass is 207 g/mol. The van der Waals surface area contributed by atoms with E-state index in [1.54, 1.807) is 12.4 Å². The molecule has 5 heteroatoms. The number of rotatable bonds is 2. The molecule has 5 nitrogen and oxygen atoms in total. The Labute approximate surface area is 87.7 Å². The zero-order chi connectivity index (χ0) is 10.7. The van der Waals surface area contributed by atoms with E-state index in [0.717, 1.165) is 12.1 Å². The molecule has 1 atom stereocenters. The fourth-order valence-electron chi connectivity index (χ4n) is 1.74. The zero-order valence-corrected chi connectivity index (χ0v) is 8.26. The summed E-state index contributed by atoms with van der Waals surface area (Å²) in [4.78, 5) is 16.1. The number of pyridine rings is 1. The second-order valence-electron chi connectivity index (χ2n) is 3.60.